The van der Waals surface area contributed by atoms with E-state index in [1.54, 1.807) is 0 Å². The first-order chi connectivity index (χ1) is 7.72. The van der Waals surface area contributed by atoms with Crippen molar-refractivity contribution in [1.82, 2.24) is 0 Å². The molecule has 1 aliphatic carbocycles. The van der Waals surface area contributed by atoms with Crippen molar-refractivity contribution in [3.63, 3.8) is 0 Å². The topological polar surface area (TPSA) is 0 Å². The molecule has 0 aromatic heterocycles. The van der Waals surface area contributed by atoms with Crippen LogP contribution in [0, 0.1) is 0 Å². The molecular formula is C14H26PtSi2+2. The van der Waals surface area contributed by atoms with Crippen LogP contribution in [0.15, 0.2) is 37.0 Å². The normalized spacial score (nSPS) is 18.9. The summed E-state index contributed by atoms with van der Waals surface area (Å²) in [6.07, 6.45) is 11.8. The van der Waals surface area contributed by atoms with Crippen LogP contribution >= 0.6 is 0 Å². The monoisotopic (exact) mass is 445 g/mol. The Balaban J connectivity index is 2.88. The number of allylic oxidation sites excluding steroid dienone is 5. The maximum absolute atomic E-state index is 3.96. The Hall–Kier alpha value is 0.342. The molecule has 0 bridgehead atoms. The fourth-order valence-corrected chi connectivity index (χ4v) is 16.7. The van der Waals surface area contributed by atoms with Crippen LogP contribution in [0.2, 0.25) is 46.6 Å². The van der Waals surface area contributed by atoms with Crippen molar-refractivity contribution < 1.29 is 18.6 Å². The number of hydrogen-bond donors (Lipinski definition) is 0. The van der Waals surface area contributed by atoms with Gasteiger partial charge in [-0.25, -0.2) is 0 Å². The molecule has 98 valence electrons. The van der Waals surface area contributed by atoms with Crippen LogP contribution in [-0.4, -0.2) is 16.1 Å². The van der Waals surface area contributed by atoms with Gasteiger partial charge in [0.05, 0.1) is 0 Å². The third kappa shape index (κ3) is 3.90. The summed E-state index contributed by atoms with van der Waals surface area (Å²) in [6, 6.07) is 1.24. The van der Waals surface area contributed by atoms with Crippen LogP contribution in [0.25, 0.3) is 0 Å². The molecule has 0 unspecified atom stereocenters. The van der Waals surface area contributed by atoms with E-state index in [4.69, 9.17) is 0 Å². The van der Waals surface area contributed by atoms with E-state index in [1.165, 1.54) is 10.5 Å². The van der Waals surface area contributed by atoms with Crippen molar-refractivity contribution in [1.29, 1.82) is 0 Å². The van der Waals surface area contributed by atoms with Gasteiger partial charge in [0.15, 0.2) is 0 Å². The maximum atomic E-state index is 3.96. The van der Waals surface area contributed by atoms with Gasteiger partial charge in [-0.2, -0.15) is 0 Å². The molecule has 0 aromatic carbocycles. The molecule has 17 heavy (non-hydrogen) atoms. The van der Waals surface area contributed by atoms with E-state index in [9.17, 15) is 0 Å². The van der Waals surface area contributed by atoms with Gasteiger partial charge in [0.25, 0.3) is 0 Å². The minimum absolute atomic E-state index is 0.233. The molecule has 0 saturated carbocycles. The zero-order valence-corrected chi connectivity index (χ0v) is 16.1. The van der Waals surface area contributed by atoms with E-state index in [1.807, 2.05) is 0 Å². The summed E-state index contributed by atoms with van der Waals surface area (Å²) in [6.45, 7) is 16.6. The fraction of sp³-hybridized carbons (Fsp3) is 0.571. The SMILES string of the molecule is C=CC[Si](C)(C)[C]1([Pt+2][CH2][Si](C)(C)C)C=CC=C1. The second-order valence-corrected chi connectivity index (χ2v) is 23.1. The van der Waals surface area contributed by atoms with Crippen molar-refractivity contribution >= 4 is 16.1 Å². The van der Waals surface area contributed by atoms with Crippen molar-refractivity contribution in [3.05, 3.63) is 37.0 Å². The summed E-state index contributed by atoms with van der Waals surface area (Å²) in [5.41, 5.74) is 0. The summed E-state index contributed by atoms with van der Waals surface area (Å²) >= 11 is 0.233. The molecule has 0 atom stereocenters. The Morgan fingerprint density at radius 1 is 1.12 bits per heavy atom. The first-order valence-electron chi connectivity index (χ1n) is 6.23. The fourth-order valence-electron chi connectivity index (χ4n) is 1.88. The van der Waals surface area contributed by atoms with Crippen molar-refractivity contribution in [2.45, 2.75) is 46.6 Å². The molecule has 0 aromatic rings. The predicted molar refractivity (Wildman–Crippen MR) is 81.6 cm³/mol. The molecule has 0 heterocycles. The van der Waals surface area contributed by atoms with Crippen LogP contribution in [0.5, 0.6) is 0 Å². The Bertz CT molecular complexity index is 323. The summed E-state index contributed by atoms with van der Waals surface area (Å²) in [5, 5.41) is 0. The zero-order valence-electron chi connectivity index (χ0n) is 11.8. The average Bonchev–Trinajstić information content (AvgIpc) is 2.63. The van der Waals surface area contributed by atoms with E-state index >= 15 is 0 Å². The Labute approximate surface area is 118 Å². The standard InChI is InChI=1S/C10H15Si.C4H11Si.Pt/c1-4-9-11(2,3)10-7-5-6-8-10;1-5(2,3)4;/h4-8H,1,9H2,2-3H3;1H2,2-4H3;/q;;+2. The molecule has 3 heteroatoms. The molecule has 1 rings (SSSR count). The van der Waals surface area contributed by atoms with Crippen molar-refractivity contribution in [3.8, 4) is 0 Å². The average molecular weight is 446 g/mol. The zero-order chi connectivity index (χ0) is 13.2. The summed E-state index contributed by atoms with van der Waals surface area (Å²) in [7, 11) is -2.14. The van der Waals surface area contributed by atoms with E-state index < -0.39 is 16.1 Å². The summed E-state index contributed by atoms with van der Waals surface area (Å²) in [4.78, 5) is 0. The van der Waals surface area contributed by atoms with Crippen molar-refractivity contribution in [2.75, 3.05) is 0 Å². The third-order valence-electron chi connectivity index (χ3n) is 2.99. The molecule has 0 aliphatic heterocycles. The number of rotatable bonds is 6. The molecule has 1 aliphatic rings. The molecule has 0 N–H and O–H groups in total. The van der Waals surface area contributed by atoms with Gasteiger partial charge in [0, 0.05) is 0 Å². The molecule has 0 spiro atoms. The van der Waals surface area contributed by atoms with Crippen molar-refractivity contribution in [2.24, 2.45) is 0 Å². The van der Waals surface area contributed by atoms with Gasteiger partial charge < -0.3 is 0 Å². The molecular weight excluding hydrogens is 419 g/mol. The van der Waals surface area contributed by atoms with Gasteiger partial charge in [0.2, 0.25) is 0 Å². The van der Waals surface area contributed by atoms with Gasteiger partial charge in [-0.1, -0.05) is 0 Å². The quantitative estimate of drug-likeness (QED) is 0.395. The first kappa shape index (κ1) is 15.4. The second-order valence-electron chi connectivity index (χ2n) is 6.60. The number of hydrogen-bond acceptors (Lipinski definition) is 0. The van der Waals surface area contributed by atoms with Gasteiger partial charge in [-0.15, -0.1) is 0 Å². The van der Waals surface area contributed by atoms with E-state index in [0.717, 1.165) is 0 Å². The van der Waals surface area contributed by atoms with E-state index in [2.05, 4.69) is 69.7 Å². The van der Waals surface area contributed by atoms with Crippen LogP contribution in [0.4, 0.5) is 0 Å². The van der Waals surface area contributed by atoms with E-state index in [0.29, 0.717) is 3.43 Å². The van der Waals surface area contributed by atoms with Crippen LogP contribution in [0.3, 0.4) is 0 Å². The first-order valence-corrected chi connectivity index (χ1v) is 15.9. The predicted octanol–water partition coefficient (Wildman–Crippen LogP) is 5.08. The van der Waals surface area contributed by atoms with Gasteiger partial charge >= 0.3 is 118 Å². The van der Waals surface area contributed by atoms with Crippen LogP contribution in [0.1, 0.15) is 0 Å². The van der Waals surface area contributed by atoms with Crippen LogP contribution < -0.4 is 0 Å². The molecule has 0 amide bonds. The third-order valence-corrected chi connectivity index (χ3v) is 23.5. The van der Waals surface area contributed by atoms with Gasteiger partial charge in [0.1, 0.15) is 0 Å². The van der Waals surface area contributed by atoms with Crippen LogP contribution in [-0.2, 0) is 18.6 Å². The Morgan fingerprint density at radius 2 is 1.65 bits per heavy atom. The minimum atomic E-state index is -1.24. The Morgan fingerprint density at radius 3 is 2.06 bits per heavy atom. The summed E-state index contributed by atoms with van der Waals surface area (Å²) in [5.74, 6) is 0. The summed E-state index contributed by atoms with van der Waals surface area (Å²) < 4.78 is 2.04. The molecule has 0 saturated heterocycles. The molecule has 0 fully saturated rings. The van der Waals surface area contributed by atoms with E-state index in [-0.39, 0.29) is 18.6 Å². The molecule has 0 nitrogen and oxygen atoms in total. The van der Waals surface area contributed by atoms with Gasteiger partial charge in [-0.3, -0.25) is 0 Å². The second kappa shape index (κ2) is 5.54. The van der Waals surface area contributed by atoms with Gasteiger partial charge in [-0.05, 0) is 0 Å². The molecule has 0 radical (unpaired) electrons. The Kier molecular flexibility index (Phi) is 5.02.